The number of benzene rings is 2. The minimum absolute atomic E-state index is 0.0480. The van der Waals surface area contributed by atoms with Gasteiger partial charge in [-0.25, -0.2) is 4.79 Å². The van der Waals surface area contributed by atoms with Gasteiger partial charge in [-0.15, -0.1) is 0 Å². The largest absolute Gasteiger partial charge is 0.465 e. The van der Waals surface area contributed by atoms with Gasteiger partial charge in [-0.1, -0.05) is 30.3 Å². The van der Waals surface area contributed by atoms with E-state index in [0.29, 0.717) is 11.1 Å². The molecule has 116 valence electrons. The van der Waals surface area contributed by atoms with Crippen molar-refractivity contribution in [1.82, 2.24) is 0 Å². The highest BCUT2D eigenvalue weighted by Gasteiger charge is 2.17. The number of aryl methyl sites for hydroxylation is 1. The fourth-order valence-electron chi connectivity index (χ4n) is 2.95. The monoisotopic (exact) mass is 306 g/mol. The first-order valence-corrected chi connectivity index (χ1v) is 7.63. The molecular formula is C20H18O3. The molecular weight excluding hydrogens is 288 g/mol. The second kappa shape index (κ2) is 6.21. The van der Waals surface area contributed by atoms with Crippen LogP contribution in [0.1, 0.15) is 50.8 Å². The Morgan fingerprint density at radius 1 is 1.04 bits per heavy atom. The SMILES string of the molecule is COC(=O)c1ccc2c(c1)C(c1cccc(C(C)=O)c1)=CCC2. The summed E-state index contributed by atoms with van der Waals surface area (Å²) in [4.78, 5) is 23.4. The van der Waals surface area contributed by atoms with Crippen molar-refractivity contribution in [3.05, 3.63) is 76.4 Å². The van der Waals surface area contributed by atoms with E-state index >= 15 is 0 Å². The van der Waals surface area contributed by atoms with E-state index in [0.717, 1.165) is 29.5 Å². The van der Waals surface area contributed by atoms with Crippen LogP contribution in [0.25, 0.3) is 5.57 Å². The van der Waals surface area contributed by atoms with Crippen LogP contribution in [0.15, 0.2) is 48.5 Å². The van der Waals surface area contributed by atoms with Gasteiger partial charge in [0.25, 0.3) is 0 Å². The minimum atomic E-state index is -0.338. The number of carbonyl (C=O) groups excluding carboxylic acids is 2. The Balaban J connectivity index is 2.09. The Morgan fingerprint density at radius 2 is 1.87 bits per heavy atom. The second-order valence-electron chi connectivity index (χ2n) is 5.66. The van der Waals surface area contributed by atoms with Crippen LogP contribution in [-0.2, 0) is 11.2 Å². The van der Waals surface area contributed by atoms with E-state index in [1.54, 1.807) is 13.0 Å². The first-order valence-electron chi connectivity index (χ1n) is 7.63. The number of Topliss-reactive ketones (excluding diaryl/α,β-unsaturated/α-hetero) is 1. The summed E-state index contributed by atoms with van der Waals surface area (Å²) in [6.07, 6.45) is 4.07. The maximum atomic E-state index is 11.8. The summed E-state index contributed by atoms with van der Waals surface area (Å²) in [5.41, 5.74) is 5.56. The van der Waals surface area contributed by atoms with E-state index in [1.165, 1.54) is 12.7 Å². The zero-order valence-electron chi connectivity index (χ0n) is 13.3. The number of allylic oxidation sites excluding steroid dienone is 1. The van der Waals surface area contributed by atoms with Gasteiger partial charge in [-0.05, 0) is 60.2 Å². The van der Waals surface area contributed by atoms with Gasteiger partial charge in [0.15, 0.2) is 5.78 Å². The zero-order chi connectivity index (χ0) is 16.4. The summed E-state index contributed by atoms with van der Waals surface area (Å²) in [6.45, 7) is 1.57. The quantitative estimate of drug-likeness (QED) is 0.634. The smallest absolute Gasteiger partial charge is 0.337 e. The summed E-state index contributed by atoms with van der Waals surface area (Å²) >= 11 is 0. The molecule has 3 rings (SSSR count). The Bertz CT molecular complexity index is 815. The number of hydrogen-bond acceptors (Lipinski definition) is 3. The molecule has 3 nitrogen and oxygen atoms in total. The molecule has 23 heavy (non-hydrogen) atoms. The first kappa shape index (κ1) is 15.2. The topological polar surface area (TPSA) is 43.4 Å². The van der Waals surface area contributed by atoms with E-state index in [9.17, 15) is 9.59 Å². The number of carbonyl (C=O) groups is 2. The Hall–Kier alpha value is -2.68. The molecule has 0 spiro atoms. The van der Waals surface area contributed by atoms with Gasteiger partial charge in [-0.2, -0.15) is 0 Å². The van der Waals surface area contributed by atoms with E-state index in [-0.39, 0.29) is 11.8 Å². The number of rotatable bonds is 3. The lowest BCUT2D eigenvalue weighted by atomic mass is 9.85. The molecule has 0 heterocycles. The maximum Gasteiger partial charge on any atom is 0.337 e. The van der Waals surface area contributed by atoms with Crippen molar-refractivity contribution in [2.45, 2.75) is 19.8 Å². The van der Waals surface area contributed by atoms with Gasteiger partial charge >= 0.3 is 5.97 Å². The third-order valence-electron chi connectivity index (χ3n) is 4.16. The number of hydrogen-bond donors (Lipinski definition) is 0. The first-order chi connectivity index (χ1) is 11.1. The molecule has 2 aromatic carbocycles. The lowest BCUT2D eigenvalue weighted by Crippen LogP contribution is -2.07. The maximum absolute atomic E-state index is 11.8. The predicted octanol–water partition coefficient (Wildman–Crippen LogP) is 4.05. The molecule has 0 aromatic heterocycles. The van der Waals surface area contributed by atoms with E-state index in [1.807, 2.05) is 36.4 Å². The van der Waals surface area contributed by atoms with E-state index in [2.05, 4.69) is 6.08 Å². The number of fused-ring (bicyclic) bond motifs is 1. The molecule has 3 heteroatoms. The average Bonchev–Trinajstić information content (AvgIpc) is 2.60. The standard InChI is InChI=1S/C20H18O3/c1-13(21)15-6-3-7-16(11-15)18-8-4-5-14-9-10-17(12-19(14)18)20(22)23-2/h3,6-12H,4-5H2,1-2H3. The van der Waals surface area contributed by atoms with Crippen LogP contribution in [0.4, 0.5) is 0 Å². The van der Waals surface area contributed by atoms with Crippen LogP contribution in [0.5, 0.6) is 0 Å². The van der Waals surface area contributed by atoms with Crippen LogP contribution in [0.2, 0.25) is 0 Å². The minimum Gasteiger partial charge on any atom is -0.465 e. The molecule has 2 aromatic rings. The molecule has 0 saturated carbocycles. The summed E-state index contributed by atoms with van der Waals surface area (Å²) in [6, 6.07) is 13.3. The van der Waals surface area contributed by atoms with Crippen LogP contribution in [-0.4, -0.2) is 18.9 Å². The van der Waals surface area contributed by atoms with E-state index < -0.39 is 0 Å². The van der Waals surface area contributed by atoms with Crippen molar-refractivity contribution in [2.24, 2.45) is 0 Å². The van der Waals surface area contributed by atoms with Crippen LogP contribution >= 0.6 is 0 Å². The van der Waals surface area contributed by atoms with Crippen molar-refractivity contribution >= 4 is 17.3 Å². The number of methoxy groups -OCH3 is 1. The van der Waals surface area contributed by atoms with E-state index in [4.69, 9.17) is 4.74 Å². The van der Waals surface area contributed by atoms with Gasteiger partial charge in [0, 0.05) is 5.56 Å². The third-order valence-corrected chi connectivity index (χ3v) is 4.16. The lowest BCUT2D eigenvalue weighted by molar-refractivity contribution is 0.0600. The zero-order valence-corrected chi connectivity index (χ0v) is 13.3. The van der Waals surface area contributed by atoms with Crippen LogP contribution in [0, 0.1) is 0 Å². The van der Waals surface area contributed by atoms with Crippen LogP contribution < -0.4 is 0 Å². The van der Waals surface area contributed by atoms with Gasteiger partial charge in [0.1, 0.15) is 0 Å². The molecule has 0 fully saturated rings. The van der Waals surface area contributed by atoms with Crippen molar-refractivity contribution in [3.63, 3.8) is 0 Å². The number of ketones is 1. The summed E-state index contributed by atoms with van der Waals surface area (Å²) in [5.74, 6) is -0.290. The highest BCUT2D eigenvalue weighted by Crippen LogP contribution is 2.33. The Kier molecular flexibility index (Phi) is 4.11. The number of esters is 1. The average molecular weight is 306 g/mol. The third kappa shape index (κ3) is 2.95. The Labute approximate surface area is 135 Å². The molecule has 1 aliphatic rings. The van der Waals surface area contributed by atoms with Crippen molar-refractivity contribution in [1.29, 1.82) is 0 Å². The molecule has 0 aliphatic heterocycles. The molecule has 1 aliphatic carbocycles. The Morgan fingerprint density at radius 3 is 2.61 bits per heavy atom. The predicted molar refractivity (Wildman–Crippen MR) is 89.6 cm³/mol. The second-order valence-corrected chi connectivity index (χ2v) is 5.66. The highest BCUT2D eigenvalue weighted by atomic mass is 16.5. The number of ether oxygens (including phenoxy) is 1. The van der Waals surface area contributed by atoms with Crippen molar-refractivity contribution in [2.75, 3.05) is 7.11 Å². The molecule has 0 saturated heterocycles. The van der Waals surface area contributed by atoms with Crippen molar-refractivity contribution < 1.29 is 14.3 Å². The van der Waals surface area contributed by atoms with Gasteiger partial charge in [0.2, 0.25) is 0 Å². The lowest BCUT2D eigenvalue weighted by Gasteiger charge is -2.19. The van der Waals surface area contributed by atoms with Gasteiger partial charge < -0.3 is 4.74 Å². The summed E-state index contributed by atoms with van der Waals surface area (Å²) in [5, 5.41) is 0. The fourth-order valence-corrected chi connectivity index (χ4v) is 2.95. The van der Waals surface area contributed by atoms with Crippen LogP contribution in [0.3, 0.4) is 0 Å². The van der Waals surface area contributed by atoms with Gasteiger partial charge in [0.05, 0.1) is 12.7 Å². The molecule has 0 atom stereocenters. The van der Waals surface area contributed by atoms with Crippen molar-refractivity contribution in [3.8, 4) is 0 Å². The normalized spacial score (nSPS) is 13.0. The molecule has 0 N–H and O–H groups in total. The molecule has 0 unspecified atom stereocenters. The summed E-state index contributed by atoms with van der Waals surface area (Å²) < 4.78 is 4.82. The molecule has 0 amide bonds. The molecule has 0 bridgehead atoms. The van der Waals surface area contributed by atoms with Gasteiger partial charge in [-0.3, -0.25) is 4.79 Å². The molecule has 0 radical (unpaired) electrons. The fraction of sp³-hybridized carbons (Fsp3) is 0.200. The summed E-state index contributed by atoms with van der Waals surface area (Å²) in [7, 11) is 1.38. The highest BCUT2D eigenvalue weighted by molar-refractivity contribution is 5.96.